The van der Waals surface area contributed by atoms with Crippen LogP contribution in [0.25, 0.3) is 0 Å². The van der Waals surface area contributed by atoms with Crippen molar-refractivity contribution in [1.82, 2.24) is 19.7 Å². The molecule has 0 aliphatic carbocycles. The summed E-state index contributed by atoms with van der Waals surface area (Å²) in [5.74, 6) is -0.259. The average molecular weight is 332 g/mol. The minimum Gasteiger partial charge on any atom is -0.409 e. The third kappa shape index (κ3) is 1.98. The third-order valence-electron chi connectivity index (χ3n) is 3.60. The van der Waals surface area contributed by atoms with E-state index in [2.05, 4.69) is 14.5 Å². The van der Waals surface area contributed by atoms with Crippen LogP contribution in [0.5, 0.6) is 0 Å². The van der Waals surface area contributed by atoms with Gasteiger partial charge in [-0.1, -0.05) is 5.16 Å². The smallest absolute Gasteiger partial charge is 0.409 e. The van der Waals surface area contributed by atoms with Gasteiger partial charge >= 0.3 is 16.4 Å². The molecule has 120 valence electrons. The Kier molecular flexibility index (Phi) is 3.01. The summed E-state index contributed by atoms with van der Waals surface area (Å²) in [6, 6.07) is -2.55. The van der Waals surface area contributed by atoms with E-state index in [0.717, 1.165) is 4.90 Å². The van der Waals surface area contributed by atoms with Crippen LogP contribution < -0.4 is 5.73 Å². The Labute approximate surface area is 124 Å². The van der Waals surface area contributed by atoms with Crippen molar-refractivity contribution < 1.29 is 27.3 Å². The molecule has 1 saturated heterocycles. The number of hydrogen-bond donors (Lipinski definition) is 3. The van der Waals surface area contributed by atoms with Gasteiger partial charge in [0.05, 0.1) is 18.4 Å². The Hall–Kier alpha value is -2.38. The molecule has 2 amide bonds. The molecule has 2 aliphatic rings. The lowest BCUT2D eigenvalue weighted by atomic mass is 9.97. The van der Waals surface area contributed by atoms with Gasteiger partial charge in [0.25, 0.3) is 0 Å². The molecule has 0 saturated carbocycles. The molecule has 2 aliphatic heterocycles. The standard InChI is InChI=1S/C9H12N6O6S/c1-13-6-4(2-11-13)5-3-14(7(6)8(10)12-17)9(16)15(5)21-22(18,19)20/h2,5,7,17H,3H2,1H3,(H2,10,12)(H,18,19,20)/t5-,7-/m0/s1. The Balaban J connectivity index is 2.13. The third-order valence-corrected chi connectivity index (χ3v) is 3.95. The van der Waals surface area contributed by atoms with Crippen molar-refractivity contribution >= 4 is 22.3 Å². The number of carbonyl (C=O) groups is 1. The topological polar surface area (TPSA) is 164 Å². The SMILES string of the molecule is Cn1ncc2c1[C@@H](/C(N)=N/O)N1C[C@@H]2N(OS(=O)(=O)O)C1=O. The molecule has 3 rings (SSSR count). The van der Waals surface area contributed by atoms with Gasteiger partial charge < -0.3 is 15.8 Å². The van der Waals surface area contributed by atoms with E-state index >= 15 is 0 Å². The molecule has 22 heavy (non-hydrogen) atoms. The molecule has 13 heteroatoms. The fourth-order valence-electron chi connectivity index (χ4n) is 2.78. The van der Waals surface area contributed by atoms with Gasteiger partial charge in [-0.15, -0.1) is 4.28 Å². The second-order valence-electron chi connectivity index (χ2n) is 4.81. The summed E-state index contributed by atoms with van der Waals surface area (Å²) in [6.07, 6.45) is 1.42. The van der Waals surface area contributed by atoms with Crippen LogP contribution in [0.3, 0.4) is 0 Å². The second-order valence-corrected chi connectivity index (χ2v) is 5.82. The Bertz CT molecular complexity index is 772. The molecule has 2 bridgehead atoms. The molecule has 3 heterocycles. The summed E-state index contributed by atoms with van der Waals surface area (Å²) in [6.45, 7) is 0.0356. The Morgan fingerprint density at radius 1 is 1.59 bits per heavy atom. The lowest BCUT2D eigenvalue weighted by molar-refractivity contribution is -0.0316. The molecule has 1 aromatic heterocycles. The number of rotatable bonds is 3. The second kappa shape index (κ2) is 4.56. The number of aryl methyl sites for hydroxylation is 1. The lowest BCUT2D eigenvalue weighted by Gasteiger charge is -2.29. The van der Waals surface area contributed by atoms with Gasteiger partial charge in [0, 0.05) is 12.6 Å². The predicted octanol–water partition coefficient (Wildman–Crippen LogP) is -1.27. The summed E-state index contributed by atoms with van der Waals surface area (Å²) in [7, 11) is -3.28. The first-order valence-electron chi connectivity index (χ1n) is 6.00. The van der Waals surface area contributed by atoms with E-state index in [1.165, 1.54) is 10.9 Å². The van der Waals surface area contributed by atoms with Crippen molar-refractivity contribution in [2.45, 2.75) is 12.1 Å². The first kappa shape index (κ1) is 14.6. The van der Waals surface area contributed by atoms with Crippen LogP contribution >= 0.6 is 0 Å². The van der Waals surface area contributed by atoms with Crippen molar-refractivity contribution in [2.24, 2.45) is 17.9 Å². The number of nitrogens with two attached hydrogens (primary N) is 1. The molecule has 1 fully saturated rings. The zero-order valence-corrected chi connectivity index (χ0v) is 12.0. The van der Waals surface area contributed by atoms with Crippen molar-refractivity contribution in [3.8, 4) is 0 Å². The summed E-state index contributed by atoms with van der Waals surface area (Å²) in [5, 5.41) is 16.4. The number of nitrogens with zero attached hydrogens (tertiary/aromatic N) is 5. The number of fused-ring (bicyclic) bond motifs is 4. The zero-order valence-electron chi connectivity index (χ0n) is 11.2. The lowest BCUT2D eigenvalue weighted by Crippen LogP contribution is -2.42. The zero-order chi connectivity index (χ0) is 16.2. The molecule has 0 aromatic carbocycles. The quantitative estimate of drug-likeness (QED) is 0.203. The van der Waals surface area contributed by atoms with Gasteiger partial charge in [0.2, 0.25) is 0 Å². The number of amidine groups is 1. The highest BCUT2D eigenvalue weighted by atomic mass is 32.3. The van der Waals surface area contributed by atoms with Gasteiger partial charge in [0.15, 0.2) is 5.84 Å². The normalized spacial score (nSPS) is 24.8. The number of hydroxylamine groups is 2. The van der Waals surface area contributed by atoms with Gasteiger partial charge in [-0.2, -0.15) is 18.6 Å². The highest BCUT2D eigenvalue weighted by Gasteiger charge is 2.52. The van der Waals surface area contributed by atoms with E-state index in [1.807, 2.05) is 0 Å². The van der Waals surface area contributed by atoms with E-state index in [4.69, 9.17) is 15.5 Å². The van der Waals surface area contributed by atoms with Crippen LogP contribution in [0.4, 0.5) is 4.79 Å². The Morgan fingerprint density at radius 3 is 2.86 bits per heavy atom. The fraction of sp³-hybridized carbons (Fsp3) is 0.444. The van der Waals surface area contributed by atoms with Crippen LogP contribution in [-0.4, -0.2) is 56.3 Å². The van der Waals surface area contributed by atoms with Crippen molar-refractivity contribution in [3.05, 3.63) is 17.5 Å². The molecule has 0 radical (unpaired) electrons. The molecule has 0 unspecified atom stereocenters. The number of hydrogen-bond acceptors (Lipinski definition) is 7. The number of carbonyl (C=O) groups excluding carboxylic acids is 1. The maximum absolute atomic E-state index is 12.3. The van der Waals surface area contributed by atoms with Crippen LogP contribution in [0, 0.1) is 0 Å². The predicted molar refractivity (Wildman–Crippen MR) is 68.7 cm³/mol. The average Bonchev–Trinajstić information content (AvgIpc) is 2.93. The first-order chi connectivity index (χ1) is 10.2. The minimum absolute atomic E-state index is 0.0356. The molecule has 4 N–H and O–H groups in total. The van der Waals surface area contributed by atoms with Crippen LogP contribution in [-0.2, 0) is 21.7 Å². The monoisotopic (exact) mass is 332 g/mol. The highest BCUT2D eigenvalue weighted by molar-refractivity contribution is 7.80. The summed E-state index contributed by atoms with van der Waals surface area (Å²) in [4.78, 5) is 13.5. The van der Waals surface area contributed by atoms with E-state index in [0.29, 0.717) is 16.3 Å². The van der Waals surface area contributed by atoms with Crippen molar-refractivity contribution in [2.75, 3.05) is 6.54 Å². The molecule has 12 nitrogen and oxygen atoms in total. The van der Waals surface area contributed by atoms with Crippen molar-refractivity contribution in [3.63, 3.8) is 0 Å². The molecular formula is C9H12N6O6S. The molecule has 2 atom stereocenters. The van der Waals surface area contributed by atoms with E-state index in [1.54, 1.807) is 7.05 Å². The molecular weight excluding hydrogens is 320 g/mol. The van der Waals surface area contributed by atoms with Crippen molar-refractivity contribution in [1.29, 1.82) is 0 Å². The number of amides is 2. The van der Waals surface area contributed by atoms with Gasteiger partial charge in [-0.3, -0.25) is 9.23 Å². The summed E-state index contributed by atoms with van der Waals surface area (Å²) < 4.78 is 36.4. The molecule has 0 spiro atoms. The van der Waals surface area contributed by atoms with Crippen LogP contribution in [0.15, 0.2) is 11.4 Å². The maximum Gasteiger partial charge on any atom is 0.418 e. The van der Waals surface area contributed by atoms with Gasteiger partial charge in [-0.25, -0.2) is 4.79 Å². The fourth-order valence-corrected chi connectivity index (χ4v) is 3.15. The number of oxime groups is 1. The van der Waals surface area contributed by atoms with E-state index in [-0.39, 0.29) is 12.4 Å². The minimum atomic E-state index is -4.88. The maximum atomic E-state index is 12.3. The molecule has 1 aromatic rings. The van der Waals surface area contributed by atoms with Gasteiger partial charge in [0.1, 0.15) is 12.1 Å². The summed E-state index contributed by atoms with van der Waals surface area (Å²) >= 11 is 0. The first-order valence-corrected chi connectivity index (χ1v) is 7.37. The summed E-state index contributed by atoms with van der Waals surface area (Å²) in [5.41, 5.74) is 6.58. The van der Waals surface area contributed by atoms with Crippen LogP contribution in [0.1, 0.15) is 23.3 Å². The highest BCUT2D eigenvalue weighted by Crippen LogP contribution is 2.43. The largest absolute Gasteiger partial charge is 0.418 e. The number of aromatic nitrogens is 2. The van der Waals surface area contributed by atoms with Gasteiger partial charge in [-0.05, 0) is 0 Å². The van der Waals surface area contributed by atoms with E-state index in [9.17, 15) is 13.2 Å². The Morgan fingerprint density at radius 2 is 2.27 bits per heavy atom. The number of urea groups is 1. The van der Waals surface area contributed by atoms with E-state index < -0.39 is 28.5 Å². The van der Waals surface area contributed by atoms with Crippen LogP contribution in [0.2, 0.25) is 0 Å².